The zero-order chi connectivity index (χ0) is 13.1. The summed E-state index contributed by atoms with van der Waals surface area (Å²) in [6.07, 6.45) is 0. The maximum absolute atomic E-state index is 10.7. The van der Waals surface area contributed by atoms with Crippen molar-refractivity contribution in [2.45, 2.75) is 13.5 Å². The van der Waals surface area contributed by atoms with E-state index in [0.717, 1.165) is 10.7 Å². The number of thiazole rings is 1. The van der Waals surface area contributed by atoms with E-state index in [4.69, 9.17) is 5.73 Å². The van der Waals surface area contributed by atoms with E-state index in [1.807, 2.05) is 12.3 Å². The second kappa shape index (κ2) is 4.96. The number of nitrogens with one attached hydrogen (secondary N) is 1. The average Bonchev–Trinajstić information content (AvgIpc) is 2.72. The van der Waals surface area contributed by atoms with Crippen molar-refractivity contribution in [2.24, 2.45) is 0 Å². The number of nitrogen functional groups attached to an aromatic ring is 1. The largest absolute Gasteiger partial charge is 0.383 e. The zero-order valence-electron chi connectivity index (χ0n) is 9.58. The van der Waals surface area contributed by atoms with Crippen molar-refractivity contribution in [1.82, 2.24) is 9.97 Å². The maximum Gasteiger partial charge on any atom is 0.276 e. The fourth-order valence-electron chi connectivity index (χ4n) is 1.40. The number of nitrogens with zero attached hydrogens (tertiary/aromatic N) is 3. The van der Waals surface area contributed by atoms with Crippen molar-refractivity contribution in [3.63, 3.8) is 0 Å². The summed E-state index contributed by atoms with van der Waals surface area (Å²) < 4.78 is 0. The molecule has 0 aromatic carbocycles. The second-order valence-electron chi connectivity index (χ2n) is 3.60. The van der Waals surface area contributed by atoms with Gasteiger partial charge < -0.3 is 11.1 Å². The van der Waals surface area contributed by atoms with Crippen LogP contribution in [0.25, 0.3) is 0 Å². The lowest BCUT2D eigenvalue weighted by atomic mass is 10.3. The molecule has 3 N–H and O–H groups in total. The van der Waals surface area contributed by atoms with E-state index in [1.54, 1.807) is 11.3 Å². The molecule has 0 aliphatic rings. The smallest absolute Gasteiger partial charge is 0.276 e. The normalized spacial score (nSPS) is 10.3. The number of nitro groups is 1. The van der Waals surface area contributed by atoms with Crippen molar-refractivity contribution in [2.75, 3.05) is 11.1 Å². The Kier molecular flexibility index (Phi) is 3.38. The first kappa shape index (κ1) is 12.2. The van der Waals surface area contributed by atoms with Gasteiger partial charge in [-0.25, -0.2) is 9.97 Å². The molecule has 18 heavy (non-hydrogen) atoms. The summed E-state index contributed by atoms with van der Waals surface area (Å²) in [5, 5.41) is 16.5. The van der Waals surface area contributed by atoms with E-state index in [-0.39, 0.29) is 11.5 Å². The fourth-order valence-corrected chi connectivity index (χ4v) is 2.02. The third-order valence-corrected chi connectivity index (χ3v) is 2.98. The van der Waals surface area contributed by atoms with E-state index >= 15 is 0 Å². The Morgan fingerprint density at radius 1 is 1.50 bits per heavy atom. The van der Waals surface area contributed by atoms with Crippen LogP contribution in [0.1, 0.15) is 10.7 Å². The quantitative estimate of drug-likeness (QED) is 0.646. The molecule has 0 atom stereocenters. The van der Waals surface area contributed by atoms with Crippen LogP contribution in [0.5, 0.6) is 0 Å². The van der Waals surface area contributed by atoms with Crippen LogP contribution in [0.2, 0.25) is 0 Å². The van der Waals surface area contributed by atoms with E-state index in [0.29, 0.717) is 12.4 Å². The number of anilines is 2. The molecular formula is C10H11N5O2S. The van der Waals surface area contributed by atoms with Gasteiger partial charge in [0.25, 0.3) is 5.69 Å². The highest BCUT2D eigenvalue weighted by Crippen LogP contribution is 2.19. The number of aryl methyl sites for hydroxylation is 1. The fraction of sp³-hybridized carbons (Fsp3) is 0.200. The van der Waals surface area contributed by atoms with Gasteiger partial charge in [-0.3, -0.25) is 10.1 Å². The third kappa shape index (κ3) is 2.92. The summed E-state index contributed by atoms with van der Waals surface area (Å²) in [7, 11) is 0. The molecule has 2 rings (SSSR count). The number of aromatic nitrogens is 2. The predicted octanol–water partition coefficient (Wildman–Crippen LogP) is 1.95. The molecule has 0 saturated carbocycles. The van der Waals surface area contributed by atoms with Crippen molar-refractivity contribution in [3.8, 4) is 0 Å². The van der Waals surface area contributed by atoms with Crippen molar-refractivity contribution < 1.29 is 4.92 Å². The molecule has 0 fully saturated rings. The summed E-state index contributed by atoms with van der Waals surface area (Å²) in [4.78, 5) is 18.4. The topological polar surface area (TPSA) is 107 Å². The number of hydrogen-bond donors (Lipinski definition) is 2. The number of rotatable bonds is 4. The Balaban J connectivity index is 2.11. The highest BCUT2D eigenvalue weighted by atomic mass is 32.1. The van der Waals surface area contributed by atoms with Gasteiger partial charge in [-0.15, -0.1) is 11.3 Å². The van der Waals surface area contributed by atoms with Crippen LogP contribution in [-0.2, 0) is 6.54 Å². The average molecular weight is 265 g/mol. The monoisotopic (exact) mass is 265 g/mol. The lowest BCUT2D eigenvalue weighted by molar-refractivity contribution is -0.384. The highest BCUT2D eigenvalue weighted by molar-refractivity contribution is 7.09. The molecule has 0 aliphatic carbocycles. The highest BCUT2D eigenvalue weighted by Gasteiger charge is 2.09. The minimum absolute atomic E-state index is 0.0838. The van der Waals surface area contributed by atoms with Gasteiger partial charge in [0.05, 0.1) is 34.3 Å². The molecule has 2 aromatic rings. The third-order valence-electron chi connectivity index (χ3n) is 2.16. The van der Waals surface area contributed by atoms with Crippen LogP contribution in [0.4, 0.5) is 17.3 Å². The molecule has 0 radical (unpaired) electrons. The molecule has 94 valence electrons. The van der Waals surface area contributed by atoms with Gasteiger partial charge in [0.2, 0.25) is 0 Å². The predicted molar refractivity (Wildman–Crippen MR) is 69.5 cm³/mol. The van der Waals surface area contributed by atoms with Crippen molar-refractivity contribution >= 4 is 28.7 Å². The first-order chi connectivity index (χ1) is 8.54. The first-order valence-corrected chi connectivity index (χ1v) is 5.99. The number of hydrogen-bond acceptors (Lipinski definition) is 7. The summed E-state index contributed by atoms with van der Waals surface area (Å²) in [6, 6.07) is 2.56. The van der Waals surface area contributed by atoms with Gasteiger partial charge >= 0.3 is 0 Å². The first-order valence-electron chi connectivity index (χ1n) is 5.11. The molecule has 8 heteroatoms. The molecule has 7 nitrogen and oxygen atoms in total. The molecule has 0 spiro atoms. The molecule has 0 bridgehead atoms. The van der Waals surface area contributed by atoms with E-state index in [2.05, 4.69) is 15.3 Å². The van der Waals surface area contributed by atoms with Crippen LogP contribution in [-0.4, -0.2) is 14.9 Å². The summed E-state index contributed by atoms with van der Waals surface area (Å²) >= 11 is 1.55. The van der Waals surface area contributed by atoms with Gasteiger partial charge in [0, 0.05) is 5.38 Å². The van der Waals surface area contributed by atoms with E-state index < -0.39 is 4.92 Å². The Morgan fingerprint density at radius 2 is 2.28 bits per heavy atom. The Hall–Kier alpha value is -2.22. The zero-order valence-corrected chi connectivity index (χ0v) is 10.4. The summed E-state index contributed by atoms with van der Waals surface area (Å²) in [5.41, 5.74) is 6.28. The van der Waals surface area contributed by atoms with Gasteiger partial charge in [-0.1, -0.05) is 0 Å². The Bertz CT molecular complexity index is 583. The van der Waals surface area contributed by atoms with Gasteiger partial charge in [-0.2, -0.15) is 0 Å². The minimum Gasteiger partial charge on any atom is -0.383 e. The Labute approximate surface area is 107 Å². The van der Waals surface area contributed by atoms with E-state index in [1.165, 1.54) is 12.1 Å². The summed E-state index contributed by atoms with van der Waals surface area (Å²) in [6.45, 7) is 2.37. The van der Waals surface area contributed by atoms with Crippen molar-refractivity contribution in [3.05, 3.63) is 38.3 Å². The van der Waals surface area contributed by atoms with Gasteiger partial charge in [0.1, 0.15) is 11.6 Å². The van der Waals surface area contributed by atoms with Gasteiger partial charge in [0.15, 0.2) is 0 Å². The lowest BCUT2D eigenvalue weighted by Crippen LogP contribution is -2.04. The molecule has 0 aliphatic heterocycles. The minimum atomic E-state index is -0.504. The number of pyridine rings is 1. The lowest BCUT2D eigenvalue weighted by Gasteiger charge is -2.04. The standard InChI is InChI=1S/C10H11N5O2S/c1-6-13-7(5-18-6)4-12-10-3-8(15(16)17)2-9(11)14-10/h2-3,5H,4H2,1H3,(H3,11,12,14). The summed E-state index contributed by atoms with van der Waals surface area (Å²) in [5.74, 6) is 0.480. The SMILES string of the molecule is Cc1nc(CNc2cc([N+](=O)[O-])cc(N)n2)cs1. The molecular weight excluding hydrogens is 254 g/mol. The van der Waals surface area contributed by atoms with E-state index in [9.17, 15) is 10.1 Å². The van der Waals surface area contributed by atoms with Crippen LogP contribution in [0.15, 0.2) is 17.5 Å². The van der Waals surface area contributed by atoms with Crippen LogP contribution in [0.3, 0.4) is 0 Å². The van der Waals surface area contributed by atoms with Crippen LogP contribution in [0, 0.1) is 17.0 Å². The number of nitrogens with two attached hydrogens (primary N) is 1. The Morgan fingerprint density at radius 3 is 2.89 bits per heavy atom. The molecule has 2 heterocycles. The van der Waals surface area contributed by atoms with Gasteiger partial charge in [-0.05, 0) is 6.92 Å². The van der Waals surface area contributed by atoms with Crippen molar-refractivity contribution in [1.29, 1.82) is 0 Å². The molecule has 0 saturated heterocycles. The maximum atomic E-state index is 10.7. The van der Waals surface area contributed by atoms with Crippen LogP contribution >= 0.6 is 11.3 Å². The molecule has 2 aromatic heterocycles. The molecule has 0 unspecified atom stereocenters. The second-order valence-corrected chi connectivity index (χ2v) is 4.67. The molecule has 0 amide bonds. The van der Waals surface area contributed by atoms with Crippen LogP contribution < -0.4 is 11.1 Å².